The molecule has 0 saturated heterocycles. The third kappa shape index (κ3) is 2.85. The number of allylic oxidation sites excluding steroid dienone is 3. The molecule has 0 radical (unpaired) electrons. The second-order valence-electron chi connectivity index (χ2n) is 3.42. The van der Waals surface area contributed by atoms with E-state index in [2.05, 4.69) is 19.7 Å². The summed E-state index contributed by atoms with van der Waals surface area (Å²) in [5.74, 6) is 0. The van der Waals surface area contributed by atoms with E-state index in [4.69, 9.17) is 4.20 Å². The fourth-order valence-electron chi connectivity index (χ4n) is 1.63. The Morgan fingerprint density at radius 1 is 1.00 bits per heavy atom. The van der Waals surface area contributed by atoms with Gasteiger partial charge in [0.15, 0.2) is 5.42 Å². The topological polar surface area (TPSA) is 30.2 Å². The van der Waals surface area contributed by atoms with Crippen LogP contribution in [0.15, 0.2) is 42.2 Å². The summed E-state index contributed by atoms with van der Waals surface area (Å²) < 4.78 is 17.4. The highest BCUT2D eigenvalue weighted by molar-refractivity contribution is 7.28. The second kappa shape index (κ2) is 6.73. The smallest absolute Gasteiger partial charge is 0.250 e. The molecule has 1 rings (SSSR count). The van der Waals surface area contributed by atoms with Crippen molar-refractivity contribution in [2.45, 2.75) is 6.92 Å². The molecule has 92 valence electrons. The molecule has 18 heavy (non-hydrogen) atoms. The highest BCUT2D eigenvalue weighted by Gasteiger charge is 2.08. The van der Waals surface area contributed by atoms with Gasteiger partial charge in [-0.2, -0.15) is 0 Å². The lowest BCUT2D eigenvalue weighted by atomic mass is 10.2. The van der Waals surface area contributed by atoms with Crippen molar-refractivity contribution < 1.29 is 8.76 Å². The molecule has 0 saturated carbocycles. The SMILES string of the molecule is C=CC=c1c(=C/C=C)/c(=C\C)[p+](=O)o/c1=C/C=C. The largest absolute Gasteiger partial charge is 0.597 e. The summed E-state index contributed by atoms with van der Waals surface area (Å²) in [6.07, 6.45) is 12.0. The van der Waals surface area contributed by atoms with Crippen LogP contribution in [0.3, 0.4) is 0 Å². The van der Waals surface area contributed by atoms with Gasteiger partial charge in [0.1, 0.15) is 0 Å². The van der Waals surface area contributed by atoms with E-state index in [-0.39, 0.29) is 0 Å². The lowest BCUT2D eigenvalue weighted by Crippen LogP contribution is -2.46. The highest BCUT2D eigenvalue weighted by Crippen LogP contribution is 1.94. The van der Waals surface area contributed by atoms with E-state index in [0.717, 1.165) is 10.4 Å². The molecule has 0 bridgehead atoms. The highest BCUT2D eigenvalue weighted by atomic mass is 31.1. The van der Waals surface area contributed by atoms with E-state index in [9.17, 15) is 4.57 Å². The fraction of sp³-hybridized carbons (Fsp3) is 0.0667. The maximum Gasteiger partial charge on any atom is 0.597 e. The average Bonchev–Trinajstić information content (AvgIpc) is 2.34. The van der Waals surface area contributed by atoms with E-state index >= 15 is 0 Å². The van der Waals surface area contributed by atoms with Gasteiger partial charge >= 0.3 is 7.65 Å². The molecule has 1 heterocycles. The van der Waals surface area contributed by atoms with E-state index in [1.54, 1.807) is 30.4 Å². The van der Waals surface area contributed by atoms with Crippen molar-refractivity contribution >= 4 is 32.0 Å². The maximum atomic E-state index is 12.0. The van der Waals surface area contributed by atoms with Crippen LogP contribution in [0.25, 0.3) is 24.3 Å². The standard InChI is InChI=1S/C15H16O2P/c1-5-9-12-13(10-6-2)15(8-4)18(16)17-14(12)11-7-3/h5-11H,1-3H2,4H3/q+1/b12-9?,13-10-,14-11+,15-8+. The van der Waals surface area contributed by atoms with Crippen molar-refractivity contribution in [3.05, 3.63) is 58.8 Å². The van der Waals surface area contributed by atoms with Crippen molar-refractivity contribution in [3.8, 4) is 0 Å². The summed E-state index contributed by atoms with van der Waals surface area (Å²) >= 11 is 0. The third-order valence-electron chi connectivity index (χ3n) is 2.32. The van der Waals surface area contributed by atoms with Crippen LogP contribution in [0.2, 0.25) is 0 Å². The van der Waals surface area contributed by atoms with Gasteiger partial charge in [0.05, 0.1) is 0 Å². The maximum absolute atomic E-state index is 12.0. The van der Waals surface area contributed by atoms with Crippen molar-refractivity contribution in [3.63, 3.8) is 0 Å². The minimum atomic E-state index is -1.89. The van der Waals surface area contributed by atoms with Gasteiger partial charge in [-0.25, -0.2) is 4.20 Å². The molecule has 3 heteroatoms. The molecule has 1 aromatic rings. The van der Waals surface area contributed by atoms with Gasteiger partial charge in [-0.3, -0.25) is 0 Å². The summed E-state index contributed by atoms with van der Waals surface area (Å²) in [6, 6.07) is 0. The first-order valence-electron chi connectivity index (χ1n) is 5.50. The zero-order chi connectivity index (χ0) is 13.5. The number of hydrogen-bond donors (Lipinski definition) is 0. The second-order valence-corrected chi connectivity index (χ2v) is 4.60. The molecule has 1 atom stereocenters. The van der Waals surface area contributed by atoms with Gasteiger partial charge in [-0.05, 0) is 23.6 Å². The minimum Gasteiger partial charge on any atom is -0.250 e. The molecule has 0 aromatic carbocycles. The van der Waals surface area contributed by atoms with Crippen LogP contribution in [0.1, 0.15) is 6.92 Å². The summed E-state index contributed by atoms with van der Waals surface area (Å²) in [5, 5.41) is 1.67. The summed E-state index contributed by atoms with van der Waals surface area (Å²) in [4.78, 5) is 0.666. The molecule has 1 aromatic heterocycles. The normalized spacial score (nSPS) is 15.9. The van der Waals surface area contributed by atoms with Gasteiger partial charge in [-0.15, -0.1) is 0 Å². The molecule has 0 aliphatic rings. The molecule has 0 spiro atoms. The monoisotopic (exact) mass is 259 g/mol. The van der Waals surface area contributed by atoms with E-state index < -0.39 is 7.65 Å². The van der Waals surface area contributed by atoms with Gasteiger partial charge in [0.2, 0.25) is 4.95 Å². The Balaban J connectivity index is 4.29. The lowest BCUT2D eigenvalue weighted by molar-refractivity contribution is 0.531. The van der Waals surface area contributed by atoms with Crippen molar-refractivity contribution in [2.24, 2.45) is 0 Å². The zero-order valence-electron chi connectivity index (χ0n) is 10.4. The minimum absolute atomic E-state index is 0.532. The molecule has 0 amide bonds. The third-order valence-corrected chi connectivity index (χ3v) is 3.58. The molecular formula is C15H16O2P+. The van der Waals surface area contributed by atoms with Gasteiger partial charge in [-0.1, -0.05) is 50.1 Å². The van der Waals surface area contributed by atoms with Gasteiger partial charge in [0, 0.05) is 10.4 Å². The van der Waals surface area contributed by atoms with Crippen molar-refractivity contribution in [1.82, 2.24) is 0 Å². The Bertz CT molecular complexity index is 764. The first-order valence-corrected chi connectivity index (χ1v) is 6.68. The lowest BCUT2D eigenvalue weighted by Gasteiger charge is -1.86. The molecule has 0 fully saturated rings. The van der Waals surface area contributed by atoms with Crippen LogP contribution >= 0.6 is 7.65 Å². The Kier molecular flexibility index (Phi) is 5.29. The number of hydrogen-bond acceptors (Lipinski definition) is 2. The van der Waals surface area contributed by atoms with Crippen LogP contribution in [0.5, 0.6) is 0 Å². The molecule has 1 unspecified atom stereocenters. The Morgan fingerprint density at radius 3 is 2.06 bits per heavy atom. The molecule has 0 N–H and O–H groups in total. The van der Waals surface area contributed by atoms with Crippen LogP contribution in [-0.2, 0) is 4.57 Å². The first-order chi connectivity index (χ1) is 8.69. The van der Waals surface area contributed by atoms with Crippen molar-refractivity contribution in [2.75, 3.05) is 0 Å². The Labute approximate surface area is 107 Å². The molecule has 0 aliphatic heterocycles. The van der Waals surface area contributed by atoms with Crippen LogP contribution < -0.4 is 20.8 Å². The van der Waals surface area contributed by atoms with Gasteiger partial charge < -0.3 is 0 Å². The molecule has 0 aliphatic carbocycles. The van der Waals surface area contributed by atoms with E-state index in [1.807, 2.05) is 19.1 Å². The van der Waals surface area contributed by atoms with Crippen molar-refractivity contribution in [1.29, 1.82) is 0 Å². The summed E-state index contributed by atoms with van der Waals surface area (Å²) in [7, 11) is -1.89. The quantitative estimate of drug-likeness (QED) is 0.827. The zero-order valence-corrected chi connectivity index (χ0v) is 11.3. The van der Waals surface area contributed by atoms with E-state index in [0.29, 0.717) is 10.4 Å². The number of rotatable bonds is 3. The molecule has 2 nitrogen and oxygen atoms in total. The first kappa shape index (κ1) is 14.1. The van der Waals surface area contributed by atoms with Crippen LogP contribution in [0, 0.1) is 0 Å². The summed E-state index contributed by atoms with van der Waals surface area (Å²) in [5.41, 5.74) is 0.532. The Hall–Kier alpha value is -1.92. The fourth-order valence-corrected chi connectivity index (χ4v) is 2.67. The predicted molar refractivity (Wildman–Crippen MR) is 78.9 cm³/mol. The predicted octanol–water partition coefficient (Wildman–Crippen LogP) is 1.72. The van der Waals surface area contributed by atoms with Gasteiger partial charge in [0.25, 0.3) is 0 Å². The summed E-state index contributed by atoms with van der Waals surface area (Å²) in [6.45, 7) is 12.8. The van der Waals surface area contributed by atoms with Crippen LogP contribution in [-0.4, -0.2) is 0 Å². The molecular weight excluding hydrogens is 243 g/mol. The van der Waals surface area contributed by atoms with Crippen LogP contribution in [0.4, 0.5) is 0 Å². The van der Waals surface area contributed by atoms with E-state index in [1.165, 1.54) is 0 Å². The average molecular weight is 259 g/mol. The Morgan fingerprint density at radius 2 is 1.56 bits per heavy atom.